The van der Waals surface area contributed by atoms with Crippen molar-refractivity contribution in [3.8, 4) is 0 Å². The van der Waals surface area contributed by atoms with Gasteiger partial charge in [0.25, 0.3) is 5.78 Å². The minimum Gasteiger partial charge on any atom is -0.337 e. The maximum absolute atomic E-state index is 13.2. The fourth-order valence-electron chi connectivity index (χ4n) is 4.05. The molecule has 0 saturated carbocycles. The molecule has 33 heavy (non-hydrogen) atoms. The molecular formula is C24H34N6O2S. The van der Waals surface area contributed by atoms with E-state index in [2.05, 4.69) is 56.6 Å². The van der Waals surface area contributed by atoms with Crippen molar-refractivity contribution < 1.29 is 8.42 Å². The number of fused-ring (bicyclic) bond motifs is 1. The molecule has 0 aliphatic carbocycles. The summed E-state index contributed by atoms with van der Waals surface area (Å²) in [7, 11) is -3.54. The van der Waals surface area contributed by atoms with Crippen molar-refractivity contribution in [2.45, 2.75) is 63.7 Å². The summed E-state index contributed by atoms with van der Waals surface area (Å²) in [4.78, 5) is 11.3. The molecule has 178 valence electrons. The van der Waals surface area contributed by atoms with Gasteiger partial charge in [0.15, 0.2) is 0 Å². The van der Waals surface area contributed by atoms with Gasteiger partial charge in [-0.25, -0.2) is 13.4 Å². The Kier molecular flexibility index (Phi) is 5.99. The molecule has 0 bridgehead atoms. The van der Waals surface area contributed by atoms with E-state index < -0.39 is 10.0 Å². The molecule has 3 heterocycles. The lowest BCUT2D eigenvalue weighted by Gasteiger charge is -2.33. The van der Waals surface area contributed by atoms with Crippen molar-refractivity contribution in [3.63, 3.8) is 0 Å². The zero-order chi connectivity index (χ0) is 24.0. The summed E-state index contributed by atoms with van der Waals surface area (Å²) < 4.78 is 29.8. The quantitative estimate of drug-likeness (QED) is 0.566. The second-order valence-corrected chi connectivity index (χ2v) is 12.3. The lowest BCUT2D eigenvalue weighted by atomic mass is 9.82. The van der Waals surface area contributed by atoms with Gasteiger partial charge in [0.2, 0.25) is 16.0 Å². The number of aromatic nitrogens is 4. The van der Waals surface area contributed by atoms with Crippen molar-refractivity contribution in [3.05, 3.63) is 47.8 Å². The zero-order valence-corrected chi connectivity index (χ0v) is 21.2. The molecule has 0 unspecified atom stereocenters. The number of rotatable bonds is 5. The molecule has 0 radical (unpaired) electrons. The Bertz CT molecular complexity index is 1230. The topological polar surface area (TPSA) is 83.7 Å². The molecule has 1 aliphatic rings. The van der Waals surface area contributed by atoms with Crippen molar-refractivity contribution in [1.29, 1.82) is 0 Å². The van der Waals surface area contributed by atoms with E-state index in [1.807, 2.05) is 23.1 Å². The predicted octanol–water partition coefficient (Wildman–Crippen LogP) is 3.62. The van der Waals surface area contributed by atoms with E-state index in [-0.39, 0.29) is 10.8 Å². The maximum Gasteiger partial charge on any atom is 0.254 e. The lowest BCUT2D eigenvalue weighted by Crippen LogP contribution is -2.49. The number of benzene rings is 1. The van der Waals surface area contributed by atoms with Crippen LogP contribution in [0.1, 0.15) is 59.2 Å². The highest BCUT2D eigenvalue weighted by Crippen LogP contribution is 2.29. The second kappa shape index (κ2) is 8.36. The summed E-state index contributed by atoms with van der Waals surface area (Å²) in [5.74, 6) is 1.14. The first-order valence-corrected chi connectivity index (χ1v) is 13.0. The van der Waals surface area contributed by atoms with Gasteiger partial charge in [-0.05, 0) is 35.6 Å². The van der Waals surface area contributed by atoms with Gasteiger partial charge in [-0.3, -0.25) is 0 Å². The number of sulfonamides is 1. The second-order valence-electron chi connectivity index (χ2n) is 10.4. The fourth-order valence-corrected chi connectivity index (χ4v) is 5.47. The van der Waals surface area contributed by atoms with Crippen LogP contribution in [0.15, 0.2) is 41.4 Å². The molecule has 1 aliphatic heterocycles. The smallest absolute Gasteiger partial charge is 0.254 e. The number of piperazine rings is 1. The SMILES string of the molecule is CCC(C)(C)c1ccc(S(=O)(=O)N2CCN(c3nc4nccc(C(C)(C)C)n4n3)CC2)cc1. The first-order valence-electron chi connectivity index (χ1n) is 11.5. The first kappa shape index (κ1) is 23.6. The Balaban J connectivity index is 1.50. The van der Waals surface area contributed by atoms with Crippen LogP contribution in [0.2, 0.25) is 0 Å². The van der Waals surface area contributed by atoms with E-state index in [0.717, 1.165) is 17.7 Å². The van der Waals surface area contributed by atoms with Gasteiger partial charge in [-0.1, -0.05) is 53.7 Å². The Labute approximate surface area is 196 Å². The zero-order valence-electron chi connectivity index (χ0n) is 20.4. The van der Waals surface area contributed by atoms with Crippen LogP contribution in [0.25, 0.3) is 5.78 Å². The van der Waals surface area contributed by atoms with E-state index in [9.17, 15) is 8.42 Å². The first-order chi connectivity index (χ1) is 15.4. The normalized spacial score (nSPS) is 16.5. The van der Waals surface area contributed by atoms with E-state index in [1.165, 1.54) is 0 Å². The van der Waals surface area contributed by atoms with Crippen LogP contribution >= 0.6 is 0 Å². The molecule has 9 heteroatoms. The minimum absolute atomic E-state index is 0.0245. The van der Waals surface area contributed by atoms with Crippen molar-refractivity contribution in [1.82, 2.24) is 23.9 Å². The summed E-state index contributed by atoms with van der Waals surface area (Å²) in [6.07, 6.45) is 2.75. The van der Waals surface area contributed by atoms with Crippen LogP contribution < -0.4 is 4.90 Å². The van der Waals surface area contributed by atoms with Crippen molar-refractivity contribution >= 4 is 21.7 Å². The Morgan fingerprint density at radius 2 is 1.58 bits per heavy atom. The average molecular weight is 471 g/mol. The fraction of sp³-hybridized carbons (Fsp3) is 0.542. The monoisotopic (exact) mass is 470 g/mol. The van der Waals surface area contributed by atoms with Crippen LogP contribution in [0.5, 0.6) is 0 Å². The average Bonchev–Trinajstić information content (AvgIpc) is 3.23. The highest BCUT2D eigenvalue weighted by atomic mass is 32.2. The van der Waals surface area contributed by atoms with E-state index >= 15 is 0 Å². The molecule has 4 rings (SSSR count). The van der Waals surface area contributed by atoms with Gasteiger partial charge in [0.1, 0.15) is 0 Å². The maximum atomic E-state index is 13.2. The van der Waals surface area contributed by atoms with E-state index in [4.69, 9.17) is 0 Å². The molecule has 1 fully saturated rings. The molecule has 0 atom stereocenters. The van der Waals surface area contributed by atoms with Crippen LogP contribution in [0.4, 0.5) is 5.95 Å². The minimum atomic E-state index is -3.54. The van der Waals surface area contributed by atoms with Crippen LogP contribution in [-0.2, 0) is 20.9 Å². The third-order valence-corrected chi connectivity index (χ3v) is 8.59. The molecule has 3 aromatic rings. The molecule has 1 aromatic carbocycles. The van der Waals surface area contributed by atoms with Crippen molar-refractivity contribution in [2.75, 3.05) is 31.1 Å². The Morgan fingerprint density at radius 1 is 0.939 bits per heavy atom. The molecule has 0 amide bonds. The summed E-state index contributed by atoms with van der Waals surface area (Å²) in [6, 6.07) is 9.30. The molecule has 0 spiro atoms. The number of hydrogen-bond acceptors (Lipinski definition) is 6. The van der Waals surface area contributed by atoms with E-state index in [1.54, 1.807) is 27.2 Å². The molecule has 2 aromatic heterocycles. The largest absolute Gasteiger partial charge is 0.337 e. The van der Waals surface area contributed by atoms with Crippen LogP contribution in [0.3, 0.4) is 0 Å². The predicted molar refractivity (Wildman–Crippen MR) is 130 cm³/mol. The standard InChI is InChI=1S/C24H34N6O2S/c1-7-24(5,6)18-8-10-19(11-9-18)33(31,32)29-16-14-28(15-17-29)22-26-21-25-13-12-20(23(2,3)4)30(21)27-22/h8-13H,7,14-17H2,1-6H3. The van der Waals surface area contributed by atoms with Gasteiger partial charge in [0.05, 0.1) is 10.6 Å². The summed E-state index contributed by atoms with van der Waals surface area (Å²) in [6.45, 7) is 14.7. The number of nitrogens with zero attached hydrogens (tertiary/aromatic N) is 6. The Morgan fingerprint density at radius 3 is 2.15 bits per heavy atom. The van der Waals surface area contributed by atoms with Crippen molar-refractivity contribution in [2.24, 2.45) is 0 Å². The van der Waals surface area contributed by atoms with Gasteiger partial charge < -0.3 is 4.90 Å². The highest BCUT2D eigenvalue weighted by Gasteiger charge is 2.31. The van der Waals surface area contributed by atoms with Crippen LogP contribution in [0, 0.1) is 0 Å². The summed E-state index contributed by atoms with van der Waals surface area (Å²) in [5.41, 5.74) is 2.11. The summed E-state index contributed by atoms with van der Waals surface area (Å²) >= 11 is 0. The highest BCUT2D eigenvalue weighted by molar-refractivity contribution is 7.89. The Hall–Kier alpha value is -2.52. The number of hydrogen-bond donors (Lipinski definition) is 0. The number of anilines is 1. The van der Waals surface area contributed by atoms with E-state index in [0.29, 0.717) is 42.8 Å². The van der Waals surface area contributed by atoms with Gasteiger partial charge in [-0.15, -0.1) is 5.10 Å². The molecular weight excluding hydrogens is 436 g/mol. The molecule has 1 saturated heterocycles. The van der Waals surface area contributed by atoms with Gasteiger partial charge >= 0.3 is 0 Å². The van der Waals surface area contributed by atoms with Gasteiger partial charge in [0, 0.05) is 37.8 Å². The third kappa shape index (κ3) is 4.48. The molecule has 0 N–H and O–H groups in total. The lowest BCUT2D eigenvalue weighted by molar-refractivity contribution is 0.382. The third-order valence-electron chi connectivity index (χ3n) is 6.68. The molecule has 8 nitrogen and oxygen atoms in total. The summed E-state index contributed by atoms with van der Waals surface area (Å²) in [5, 5.41) is 4.69. The van der Waals surface area contributed by atoms with Crippen LogP contribution in [-0.4, -0.2) is 58.5 Å². The van der Waals surface area contributed by atoms with Gasteiger partial charge in [-0.2, -0.15) is 13.8 Å².